The molecule has 29 heavy (non-hydrogen) atoms. The van der Waals surface area contributed by atoms with Gasteiger partial charge in [-0.1, -0.05) is 18.2 Å². The lowest BCUT2D eigenvalue weighted by molar-refractivity contribution is -0.137. The standard InChI is InChI=1S/C24H25NO4/c1-6-29-20-9-7-18(8-10-20)14-21-23(26)22(24(27)28-5)17(4)25(21)19-12-15(2)11-16(3)13-19/h7-14H,6H2,1-5H3. The highest BCUT2D eigenvalue weighted by atomic mass is 16.5. The van der Waals surface area contributed by atoms with Crippen LogP contribution in [0.25, 0.3) is 6.08 Å². The second-order valence-corrected chi connectivity index (χ2v) is 6.99. The Morgan fingerprint density at radius 3 is 2.21 bits per heavy atom. The van der Waals surface area contributed by atoms with Gasteiger partial charge in [0, 0.05) is 11.4 Å². The normalized spacial score (nSPS) is 15.3. The van der Waals surface area contributed by atoms with E-state index in [1.807, 2.05) is 62.1 Å². The molecule has 3 rings (SSSR count). The number of benzene rings is 2. The number of aryl methyl sites for hydroxylation is 2. The number of carbonyl (C=O) groups is 2. The van der Waals surface area contributed by atoms with Crippen molar-refractivity contribution in [2.24, 2.45) is 0 Å². The summed E-state index contributed by atoms with van der Waals surface area (Å²) < 4.78 is 10.3. The molecule has 1 aliphatic heterocycles. The van der Waals surface area contributed by atoms with Gasteiger partial charge in [0.25, 0.3) is 0 Å². The van der Waals surface area contributed by atoms with E-state index in [9.17, 15) is 9.59 Å². The number of allylic oxidation sites excluding steroid dienone is 2. The van der Waals surface area contributed by atoms with E-state index in [1.54, 1.807) is 13.0 Å². The number of carbonyl (C=O) groups excluding carboxylic acids is 2. The van der Waals surface area contributed by atoms with Crippen molar-refractivity contribution >= 4 is 23.5 Å². The summed E-state index contributed by atoms with van der Waals surface area (Å²) in [4.78, 5) is 27.3. The number of esters is 1. The lowest BCUT2D eigenvalue weighted by Crippen LogP contribution is -2.18. The number of ketones is 1. The predicted octanol–water partition coefficient (Wildman–Crippen LogP) is 4.58. The minimum Gasteiger partial charge on any atom is -0.494 e. The molecule has 0 N–H and O–H groups in total. The molecule has 1 heterocycles. The van der Waals surface area contributed by atoms with Gasteiger partial charge >= 0.3 is 5.97 Å². The summed E-state index contributed by atoms with van der Waals surface area (Å²) in [5.41, 5.74) is 4.86. The minimum atomic E-state index is -0.628. The Kier molecular flexibility index (Phi) is 5.87. The molecule has 2 aromatic rings. The summed E-state index contributed by atoms with van der Waals surface area (Å²) in [6, 6.07) is 13.5. The smallest absolute Gasteiger partial charge is 0.343 e. The summed E-state index contributed by atoms with van der Waals surface area (Å²) in [6.45, 7) is 8.29. The number of anilines is 1. The van der Waals surface area contributed by atoms with Crippen LogP contribution in [0.15, 0.2) is 59.4 Å². The van der Waals surface area contributed by atoms with E-state index in [0.29, 0.717) is 18.0 Å². The molecule has 0 radical (unpaired) electrons. The van der Waals surface area contributed by atoms with Crippen LogP contribution in [0.1, 0.15) is 30.5 Å². The topological polar surface area (TPSA) is 55.8 Å². The zero-order valence-corrected chi connectivity index (χ0v) is 17.4. The quantitative estimate of drug-likeness (QED) is 0.424. The molecule has 1 aliphatic rings. The molecular weight excluding hydrogens is 366 g/mol. The first-order chi connectivity index (χ1) is 13.8. The van der Waals surface area contributed by atoms with Crippen molar-refractivity contribution in [3.05, 3.63) is 76.1 Å². The molecule has 0 spiro atoms. The zero-order valence-electron chi connectivity index (χ0n) is 17.4. The predicted molar refractivity (Wildman–Crippen MR) is 114 cm³/mol. The van der Waals surface area contributed by atoms with Crippen molar-refractivity contribution in [3.63, 3.8) is 0 Å². The van der Waals surface area contributed by atoms with E-state index in [2.05, 4.69) is 6.07 Å². The Balaban J connectivity index is 2.12. The molecule has 0 fully saturated rings. The maximum atomic E-state index is 13.2. The summed E-state index contributed by atoms with van der Waals surface area (Å²) >= 11 is 0. The van der Waals surface area contributed by atoms with Crippen molar-refractivity contribution < 1.29 is 19.1 Å². The summed E-state index contributed by atoms with van der Waals surface area (Å²) in [5.74, 6) is -0.206. The highest BCUT2D eigenvalue weighted by molar-refractivity contribution is 6.30. The van der Waals surface area contributed by atoms with Crippen LogP contribution in [0.3, 0.4) is 0 Å². The van der Waals surface area contributed by atoms with Crippen LogP contribution < -0.4 is 9.64 Å². The van der Waals surface area contributed by atoms with Crippen molar-refractivity contribution in [2.45, 2.75) is 27.7 Å². The molecule has 0 bridgehead atoms. The van der Waals surface area contributed by atoms with Gasteiger partial charge in [0.1, 0.15) is 11.3 Å². The summed E-state index contributed by atoms with van der Waals surface area (Å²) in [5, 5.41) is 0. The first kappa shape index (κ1) is 20.4. The number of rotatable bonds is 5. The van der Waals surface area contributed by atoms with Crippen molar-refractivity contribution in [1.29, 1.82) is 0 Å². The molecule has 0 amide bonds. The van der Waals surface area contributed by atoms with Crippen LogP contribution in [0.4, 0.5) is 5.69 Å². The lowest BCUT2D eigenvalue weighted by Gasteiger charge is -2.22. The fourth-order valence-electron chi connectivity index (χ4n) is 3.56. The van der Waals surface area contributed by atoms with Gasteiger partial charge in [0.2, 0.25) is 5.78 Å². The Morgan fingerprint density at radius 1 is 1.03 bits per heavy atom. The summed E-state index contributed by atoms with van der Waals surface area (Å²) in [7, 11) is 1.28. The third-order valence-corrected chi connectivity index (χ3v) is 4.75. The average molecular weight is 391 g/mol. The van der Waals surface area contributed by atoms with Gasteiger partial charge in [0.05, 0.1) is 19.4 Å². The van der Waals surface area contributed by atoms with Crippen LogP contribution >= 0.6 is 0 Å². The van der Waals surface area contributed by atoms with Crippen molar-refractivity contribution in [1.82, 2.24) is 0 Å². The summed E-state index contributed by atoms with van der Waals surface area (Å²) in [6.07, 6.45) is 1.79. The number of Topliss-reactive ketones (excluding diaryl/α,β-unsaturated/α-hetero) is 1. The van der Waals surface area contributed by atoms with Gasteiger partial charge in [-0.05, 0) is 74.7 Å². The van der Waals surface area contributed by atoms with E-state index >= 15 is 0 Å². The molecule has 0 saturated carbocycles. The van der Waals surface area contributed by atoms with Gasteiger partial charge in [-0.15, -0.1) is 0 Å². The first-order valence-electron chi connectivity index (χ1n) is 9.52. The van der Waals surface area contributed by atoms with Crippen molar-refractivity contribution in [3.8, 4) is 5.75 Å². The highest BCUT2D eigenvalue weighted by Crippen LogP contribution is 2.36. The van der Waals surface area contributed by atoms with E-state index < -0.39 is 5.97 Å². The Labute approximate surface area is 171 Å². The van der Waals surface area contributed by atoms with Crippen LogP contribution in [-0.2, 0) is 14.3 Å². The van der Waals surface area contributed by atoms with Crippen molar-refractivity contribution in [2.75, 3.05) is 18.6 Å². The number of ether oxygens (including phenoxy) is 2. The van der Waals surface area contributed by atoms with Crippen LogP contribution in [0, 0.1) is 13.8 Å². The second-order valence-electron chi connectivity index (χ2n) is 6.99. The Bertz CT molecular complexity index is 995. The number of nitrogens with zero attached hydrogens (tertiary/aromatic N) is 1. The molecule has 0 aromatic heterocycles. The van der Waals surface area contributed by atoms with E-state index in [-0.39, 0.29) is 11.4 Å². The monoisotopic (exact) mass is 391 g/mol. The van der Waals surface area contributed by atoms with E-state index in [4.69, 9.17) is 9.47 Å². The third-order valence-electron chi connectivity index (χ3n) is 4.75. The van der Waals surface area contributed by atoms with Crippen LogP contribution in [-0.4, -0.2) is 25.5 Å². The fraction of sp³-hybridized carbons (Fsp3) is 0.250. The minimum absolute atomic E-state index is 0.0591. The molecule has 5 nitrogen and oxygen atoms in total. The Morgan fingerprint density at radius 2 is 1.66 bits per heavy atom. The zero-order chi connectivity index (χ0) is 21.1. The second kappa shape index (κ2) is 8.35. The van der Waals surface area contributed by atoms with Gasteiger partial charge in [-0.3, -0.25) is 4.79 Å². The number of methoxy groups -OCH3 is 1. The first-order valence-corrected chi connectivity index (χ1v) is 9.52. The molecular formula is C24H25NO4. The SMILES string of the molecule is CCOc1ccc(C=C2C(=O)C(C(=O)OC)=C(C)N2c2cc(C)cc(C)c2)cc1. The number of hydrogen-bond acceptors (Lipinski definition) is 5. The largest absolute Gasteiger partial charge is 0.494 e. The van der Waals surface area contributed by atoms with E-state index in [0.717, 1.165) is 28.1 Å². The van der Waals surface area contributed by atoms with Gasteiger partial charge in [-0.2, -0.15) is 0 Å². The maximum Gasteiger partial charge on any atom is 0.343 e. The number of hydrogen-bond donors (Lipinski definition) is 0. The van der Waals surface area contributed by atoms with Crippen LogP contribution in [0.2, 0.25) is 0 Å². The lowest BCUT2D eigenvalue weighted by atomic mass is 10.1. The molecule has 0 atom stereocenters. The fourth-order valence-corrected chi connectivity index (χ4v) is 3.56. The average Bonchev–Trinajstić information content (AvgIpc) is 2.92. The molecule has 5 heteroatoms. The Hall–Kier alpha value is -3.34. The molecule has 150 valence electrons. The molecule has 0 saturated heterocycles. The van der Waals surface area contributed by atoms with E-state index in [1.165, 1.54) is 7.11 Å². The maximum absolute atomic E-state index is 13.2. The third kappa shape index (κ3) is 4.09. The highest BCUT2D eigenvalue weighted by Gasteiger charge is 2.38. The van der Waals surface area contributed by atoms with Crippen LogP contribution in [0.5, 0.6) is 5.75 Å². The van der Waals surface area contributed by atoms with Gasteiger partial charge < -0.3 is 14.4 Å². The van der Waals surface area contributed by atoms with Gasteiger partial charge in [0.15, 0.2) is 0 Å². The molecule has 0 unspecified atom stereocenters. The molecule has 0 aliphatic carbocycles. The van der Waals surface area contributed by atoms with Gasteiger partial charge in [-0.25, -0.2) is 4.79 Å². The molecule has 2 aromatic carbocycles.